The number of rotatable bonds is 3. The van der Waals surface area contributed by atoms with Crippen LogP contribution >= 0.6 is 11.6 Å². The van der Waals surface area contributed by atoms with Crippen LogP contribution in [0.15, 0.2) is 22.6 Å². The minimum absolute atomic E-state index is 0.664. The number of oxazole rings is 1. The summed E-state index contributed by atoms with van der Waals surface area (Å²) in [6.45, 7) is 5.92. The molecular formula is C11H13ClN2O. The number of hydrogen-bond acceptors (Lipinski definition) is 3. The van der Waals surface area contributed by atoms with E-state index in [0.29, 0.717) is 11.0 Å². The molecule has 1 aromatic heterocycles. The minimum Gasteiger partial charge on any atom is -0.423 e. The lowest BCUT2D eigenvalue weighted by Gasteiger charge is -2.14. The van der Waals surface area contributed by atoms with E-state index in [0.717, 1.165) is 24.2 Å². The first-order valence-electron chi connectivity index (χ1n) is 5.05. The number of benzene rings is 1. The average molecular weight is 225 g/mol. The van der Waals surface area contributed by atoms with Gasteiger partial charge in [0.1, 0.15) is 5.52 Å². The first-order valence-corrected chi connectivity index (χ1v) is 5.43. The van der Waals surface area contributed by atoms with Gasteiger partial charge in [0, 0.05) is 18.1 Å². The fourth-order valence-corrected chi connectivity index (χ4v) is 1.68. The van der Waals surface area contributed by atoms with Gasteiger partial charge >= 0.3 is 0 Å². The lowest BCUT2D eigenvalue weighted by molar-refractivity contribution is 0.576. The smallest absolute Gasteiger partial charge is 0.298 e. The van der Waals surface area contributed by atoms with Gasteiger partial charge in [-0.2, -0.15) is 4.98 Å². The summed E-state index contributed by atoms with van der Waals surface area (Å²) in [7, 11) is 0. The molecule has 0 aliphatic heterocycles. The van der Waals surface area contributed by atoms with E-state index in [1.54, 1.807) is 6.07 Å². The number of halogens is 1. The number of anilines is 1. The van der Waals surface area contributed by atoms with Crippen LogP contribution in [0.1, 0.15) is 13.8 Å². The number of fused-ring (bicyclic) bond motifs is 1. The Labute approximate surface area is 93.6 Å². The summed E-state index contributed by atoms with van der Waals surface area (Å²) in [5, 5.41) is 0.682. The molecule has 0 saturated heterocycles. The standard InChI is InChI=1S/C11H13ClN2O/c1-3-14(4-2)11-13-9-7-8(12)5-6-10(9)15-11/h5-7H,3-4H2,1-2H3. The zero-order valence-corrected chi connectivity index (χ0v) is 9.58. The predicted octanol–water partition coefficient (Wildman–Crippen LogP) is 3.33. The van der Waals surface area contributed by atoms with Crippen LogP contribution in [0.25, 0.3) is 11.1 Å². The Hall–Kier alpha value is -1.22. The number of aromatic nitrogens is 1. The van der Waals surface area contributed by atoms with Crippen LogP contribution in [0, 0.1) is 0 Å². The van der Waals surface area contributed by atoms with Gasteiger partial charge in [0.15, 0.2) is 5.58 Å². The molecule has 2 aromatic rings. The summed E-state index contributed by atoms with van der Waals surface area (Å²) in [5.41, 5.74) is 1.59. The molecule has 4 heteroatoms. The second-order valence-corrected chi connectivity index (χ2v) is 3.72. The van der Waals surface area contributed by atoms with Gasteiger partial charge < -0.3 is 9.32 Å². The molecule has 2 rings (SSSR count). The maximum Gasteiger partial charge on any atom is 0.298 e. The second-order valence-electron chi connectivity index (χ2n) is 3.28. The van der Waals surface area contributed by atoms with Crippen LogP contribution < -0.4 is 4.90 Å². The molecular weight excluding hydrogens is 212 g/mol. The van der Waals surface area contributed by atoms with Crippen LogP contribution in [0.2, 0.25) is 5.02 Å². The Bertz CT molecular complexity index is 463. The summed E-state index contributed by atoms with van der Waals surface area (Å²) in [5.74, 6) is 0. The summed E-state index contributed by atoms with van der Waals surface area (Å²) >= 11 is 5.88. The molecule has 0 radical (unpaired) electrons. The van der Waals surface area contributed by atoms with Crippen LogP contribution in [0.4, 0.5) is 6.01 Å². The van der Waals surface area contributed by atoms with Crippen molar-refractivity contribution in [1.29, 1.82) is 0 Å². The van der Waals surface area contributed by atoms with Crippen molar-refractivity contribution >= 4 is 28.7 Å². The van der Waals surface area contributed by atoms with Crippen LogP contribution in [-0.4, -0.2) is 18.1 Å². The normalized spacial score (nSPS) is 10.9. The highest BCUT2D eigenvalue weighted by atomic mass is 35.5. The van der Waals surface area contributed by atoms with Crippen molar-refractivity contribution in [2.75, 3.05) is 18.0 Å². The molecule has 0 unspecified atom stereocenters. The zero-order valence-electron chi connectivity index (χ0n) is 8.83. The number of hydrogen-bond donors (Lipinski definition) is 0. The molecule has 0 bridgehead atoms. The van der Waals surface area contributed by atoms with E-state index in [-0.39, 0.29) is 0 Å². The summed E-state index contributed by atoms with van der Waals surface area (Å²) in [6.07, 6.45) is 0. The third kappa shape index (κ3) is 1.92. The van der Waals surface area contributed by atoms with E-state index in [1.807, 2.05) is 12.1 Å². The fraction of sp³-hybridized carbons (Fsp3) is 0.364. The molecule has 0 atom stereocenters. The molecule has 1 heterocycles. The van der Waals surface area contributed by atoms with Crippen molar-refractivity contribution < 1.29 is 4.42 Å². The first-order chi connectivity index (χ1) is 7.24. The van der Waals surface area contributed by atoms with Gasteiger partial charge in [-0.3, -0.25) is 0 Å². The lowest BCUT2D eigenvalue weighted by atomic mass is 10.3. The van der Waals surface area contributed by atoms with Gasteiger partial charge in [0.2, 0.25) is 0 Å². The van der Waals surface area contributed by atoms with Crippen molar-refractivity contribution in [3.05, 3.63) is 23.2 Å². The number of nitrogens with zero attached hydrogens (tertiary/aromatic N) is 2. The first kappa shape index (κ1) is 10.3. The summed E-state index contributed by atoms with van der Waals surface area (Å²) < 4.78 is 5.62. The van der Waals surface area contributed by atoms with E-state index < -0.39 is 0 Å². The van der Waals surface area contributed by atoms with E-state index in [4.69, 9.17) is 16.0 Å². The average Bonchev–Trinajstić information content (AvgIpc) is 2.62. The molecule has 0 amide bonds. The van der Waals surface area contributed by atoms with E-state index in [1.165, 1.54) is 0 Å². The largest absolute Gasteiger partial charge is 0.423 e. The predicted molar refractivity (Wildman–Crippen MR) is 62.6 cm³/mol. The maximum absolute atomic E-state index is 5.88. The highest BCUT2D eigenvalue weighted by Gasteiger charge is 2.10. The maximum atomic E-state index is 5.88. The molecule has 0 spiro atoms. The van der Waals surface area contributed by atoms with Gasteiger partial charge in [-0.1, -0.05) is 11.6 Å². The Morgan fingerprint density at radius 1 is 1.33 bits per heavy atom. The van der Waals surface area contributed by atoms with Crippen molar-refractivity contribution in [2.24, 2.45) is 0 Å². The molecule has 80 valence electrons. The third-order valence-electron chi connectivity index (χ3n) is 2.37. The lowest BCUT2D eigenvalue weighted by Crippen LogP contribution is -2.21. The van der Waals surface area contributed by atoms with Gasteiger partial charge in [0.05, 0.1) is 0 Å². The Kier molecular flexibility index (Phi) is 2.82. The fourth-order valence-electron chi connectivity index (χ4n) is 1.52. The molecule has 0 N–H and O–H groups in total. The monoisotopic (exact) mass is 224 g/mol. The molecule has 15 heavy (non-hydrogen) atoms. The van der Waals surface area contributed by atoms with Gasteiger partial charge in [-0.25, -0.2) is 0 Å². The molecule has 1 aromatic carbocycles. The summed E-state index contributed by atoms with van der Waals surface area (Å²) in [6, 6.07) is 6.13. The molecule has 3 nitrogen and oxygen atoms in total. The quantitative estimate of drug-likeness (QED) is 0.801. The third-order valence-corrected chi connectivity index (χ3v) is 2.61. The van der Waals surface area contributed by atoms with Gasteiger partial charge in [0.25, 0.3) is 6.01 Å². The van der Waals surface area contributed by atoms with Crippen LogP contribution in [0.3, 0.4) is 0 Å². The van der Waals surface area contributed by atoms with Crippen molar-refractivity contribution in [3.8, 4) is 0 Å². The van der Waals surface area contributed by atoms with E-state index in [2.05, 4.69) is 23.7 Å². The molecule has 0 fully saturated rings. The molecule has 0 aliphatic rings. The Balaban J connectivity index is 2.46. The van der Waals surface area contributed by atoms with Gasteiger partial charge in [-0.05, 0) is 32.0 Å². The van der Waals surface area contributed by atoms with E-state index >= 15 is 0 Å². The summed E-state index contributed by atoms with van der Waals surface area (Å²) in [4.78, 5) is 6.45. The van der Waals surface area contributed by atoms with Crippen molar-refractivity contribution in [1.82, 2.24) is 4.98 Å². The minimum atomic E-state index is 0.664. The highest BCUT2D eigenvalue weighted by Crippen LogP contribution is 2.24. The van der Waals surface area contributed by atoms with Crippen LogP contribution in [-0.2, 0) is 0 Å². The SMILES string of the molecule is CCN(CC)c1nc2cc(Cl)ccc2o1. The Morgan fingerprint density at radius 2 is 2.07 bits per heavy atom. The van der Waals surface area contributed by atoms with Crippen molar-refractivity contribution in [3.63, 3.8) is 0 Å². The molecule has 0 aliphatic carbocycles. The topological polar surface area (TPSA) is 29.3 Å². The second kappa shape index (κ2) is 4.11. The Morgan fingerprint density at radius 3 is 2.73 bits per heavy atom. The zero-order chi connectivity index (χ0) is 10.8. The molecule has 0 saturated carbocycles. The van der Waals surface area contributed by atoms with Crippen LogP contribution in [0.5, 0.6) is 0 Å². The van der Waals surface area contributed by atoms with Gasteiger partial charge in [-0.15, -0.1) is 0 Å². The highest BCUT2D eigenvalue weighted by molar-refractivity contribution is 6.31. The van der Waals surface area contributed by atoms with Crippen molar-refractivity contribution in [2.45, 2.75) is 13.8 Å². The van der Waals surface area contributed by atoms with E-state index in [9.17, 15) is 0 Å².